The number of unbranched alkanes of at least 4 members (excludes halogenated alkanes) is 1. The van der Waals surface area contributed by atoms with E-state index < -0.39 is 0 Å². The molecule has 1 N–H and O–H groups in total. The van der Waals surface area contributed by atoms with Gasteiger partial charge in [0.1, 0.15) is 5.15 Å². The zero-order valence-electron chi connectivity index (χ0n) is 18.2. The van der Waals surface area contributed by atoms with Gasteiger partial charge in [0.05, 0.1) is 5.69 Å². The molecule has 7 heteroatoms. The molecule has 1 aliphatic heterocycles. The third-order valence-corrected chi connectivity index (χ3v) is 5.83. The van der Waals surface area contributed by atoms with Crippen LogP contribution in [0.2, 0.25) is 5.15 Å². The van der Waals surface area contributed by atoms with Crippen LogP contribution in [0.3, 0.4) is 0 Å². The summed E-state index contributed by atoms with van der Waals surface area (Å²) in [6.45, 7) is 10.1. The third kappa shape index (κ3) is 6.17. The highest BCUT2D eigenvalue weighted by Crippen LogP contribution is 2.22. The molecule has 0 radical (unpaired) electrons. The lowest BCUT2D eigenvalue weighted by Gasteiger charge is -2.32. The maximum atomic E-state index is 12.4. The number of aromatic nitrogens is 2. The highest BCUT2D eigenvalue weighted by atomic mass is 35.5. The van der Waals surface area contributed by atoms with Crippen LogP contribution in [0.15, 0.2) is 30.3 Å². The van der Waals surface area contributed by atoms with Crippen molar-refractivity contribution >= 4 is 29.3 Å². The van der Waals surface area contributed by atoms with Crippen molar-refractivity contribution in [2.24, 2.45) is 0 Å². The Morgan fingerprint density at radius 1 is 1.27 bits per heavy atom. The van der Waals surface area contributed by atoms with Gasteiger partial charge in [0, 0.05) is 56.6 Å². The van der Waals surface area contributed by atoms with E-state index in [1.165, 1.54) is 11.6 Å². The number of carbonyl (C=O) groups is 1. The minimum Gasteiger partial charge on any atom is -0.323 e. The van der Waals surface area contributed by atoms with Gasteiger partial charge in [0.2, 0.25) is 5.91 Å². The molecule has 2 heterocycles. The summed E-state index contributed by atoms with van der Waals surface area (Å²) in [6, 6.07) is 8.06. The predicted molar refractivity (Wildman–Crippen MR) is 124 cm³/mol. The van der Waals surface area contributed by atoms with Crippen molar-refractivity contribution in [3.63, 3.8) is 0 Å². The van der Waals surface area contributed by atoms with Crippen LogP contribution in [-0.2, 0) is 17.9 Å². The minimum atomic E-state index is -0.177. The number of carbonyl (C=O) groups excluding carboxylic acids is 1. The van der Waals surface area contributed by atoms with Gasteiger partial charge in [-0.3, -0.25) is 14.4 Å². The number of piperazine rings is 1. The standard InChI is InChI=1S/C23H32ClN5O/c1-4-5-11-29-23(24)21(18(2)26-29)9-10-22(30)25-20-8-6-7-19(16-20)17-28-14-12-27(3)13-15-28/h6-10,16H,4-5,11-15,17H2,1-3H3,(H,25,30)/b10-9+. The molecule has 1 aromatic heterocycles. The summed E-state index contributed by atoms with van der Waals surface area (Å²) in [5.74, 6) is -0.177. The SMILES string of the molecule is CCCCn1nc(C)c(/C=C/C(=O)Nc2cccc(CN3CCN(C)CC3)c2)c1Cl. The number of hydrogen-bond acceptors (Lipinski definition) is 4. The van der Waals surface area contributed by atoms with Crippen LogP contribution in [0.5, 0.6) is 0 Å². The first kappa shape index (κ1) is 22.5. The van der Waals surface area contributed by atoms with E-state index in [1.807, 2.05) is 25.1 Å². The molecule has 1 amide bonds. The van der Waals surface area contributed by atoms with Crippen molar-refractivity contribution in [2.45, 2.75) is 39.8 Å². The van der Waals surface area contributed by atoms with Crippen LogP contribution in [0.1, 0.15) is 36.6 Å². The number of anilines is 1. The van der Waals surface area contributed by atoms with Gasteiger partial charge in [0.15, 0.2) is 0 Å². The summed E-state index contributed by atoms with van der Waals surface area (Å²) in [6.07, 6.45) is 5.37. The predicted octanol–water partition coefficient (Wildman–Crippen LogP) is 4.04. The largest absolute Gasteiger partial charge is 0.323 e. The number of hydrogen-bond donors (Lipinski definition) is 1. The Balaban J connectivity index is 1.59. The van der Waals surface area contributed by atoms with E-state index in [2.05, 4.69) is 40.3 Å². The molecule has 3 rings (SSSR count). The topological polar surface area (TPSA) is 53.4 Å². The summed E-state index contributed by atoms with van der Waals surface area (Å²) >= 11 is 6.44. The summed E-state index contributed by atoms with van der Waals surface area (Å²) in [7, 11) is 2.16. The number of halogens is 1. The first-order valence-electron chi connectivity index (χ1n) is 10.7. The zero-order valence-corrected chi connectivity index (χ0v) is 19.0. The fourth-order valence-corrected chi connectivity index (χ4v) is 3.89. The Bertz CT molecular complexity index is 884. The van der Waals surface area contributed by atoms with Crippen molar-refractivity contribution in [2.75, 3.05) is 38.5 Å². The van der Waals surface area contributed by atoms with Gasteiger partial charge in [-0.05, 0) is 44.2 Å². The number of rotatable bonds is 8. The van der Waals surface area contributed by atoms with Crippen LogP contribution in [0.25, 0.3) is 6.08 Å². The van der Waals surface area contributed by atoms with Gasteiger partial charge in [-0.15, -0.1) is 0 Å². The molecule has 162 valence electrons. The molecule has 0 bridgehead atoms. The molecule has 30 heavy (non-hydrogen) atoms. The number of amides is 1. The molecule has 1 saturated heterocycles. The molecule has 1 fully saturated rings. The monoisotopic (exact) mass is 429 g/mol. The van der Waals surface area contributed by atoms with E-state index >= 15 is 0 Å². The molecule has 6 nitrogen and oxygen atoms in total. The number of nitrogens with zero attached hydrogens (tertiary/aromatic N) is 4. The minimum absolute atomic E-state index is 0.177. The first-order chi connectivity index (χ1) is 14.5. The summed E-state index contributed by atoms with van der Waals surface area (Å²) in [5, 5.41) is 8.01. The van der Waals surface area contributed by atoms with Gasteiger partial charge >= 0.3 is 0 Å². The Labute approximate surface area is 184 Å². The number of benzene rings is 1. The highest BCUT2D eigenvalue weighted by Gasteiger charge is 2.14. The van der Waals surface area contributed by atoms with Crippen molar-refractivity contribution in [3.8, 4) is 0 Å². The lowest BCUT2D eigenvalue weighted by Crippen LogP contribution is -2.43. The second kappa shape index (κ2) is 10.8. The van der Waals surface area contributed by atoms with E-state index in [4.69, 9.17) is 11.6 Å². The fourth-order valence-electron chi connectivity index (χ4n) is 3.57. The number of likely N-dealkylation sites (N-methyl/N-ethyl adjacent to an activating group) is 1. The first-order valence-corrected chi connectivity index (χ1v) is 11.1. The van der Waals surface area contributed by atoms with Crippen molar-refractivity contribution < 1.29 is 4.79 Å². The lowest BCUT2D eigenvalue weighted by molar-refractivity contribution is -0.111. The maximum absolute atomic E-state index is 12.4. The number of aryl methyl sites for hydroxylation is 2. The van der Waals surface area contributed by atoms with Crippen LogP contribution in [0.4, 0.5) is 5.69 Å². The molecule has 0 aliphatic carbocycles. The highest BCUT2D eigenvalue weighted by molar-refractivity contribution is 6.31. The van der Waals surface area contributed by atoms with Crippen molar-refractivity contribution in [1.29, 1.82) is 0 Å². The van der Waals surface area contributed by atoms with Crippen molar-refractivity contribution in [1.82, 2.24) is 19.6 Å². The quantitative estimate of drug-likeness (QED) is 0.643. The van der Waals surface area contributed by atoms with Crippen LogP contribution >= 0.6 is 11.6 Å². The summed E-state index contributed by atoms with van der Waals surface area (Å²) in [5.41, 5.74) is 3.64. The van der Waals surface area contributed by atoms with E-state index in [0.717, 1.165) is 69.1 Å². The van der Waals surface area contributed by atoms with Gasteiger partial charge in [-0.2, -0.15) is 5.10 Å². The third-order valence-electron chi connectivity index (χ3n) is 5.43. The molecule has 0 unspecified atom stereocenters. The molecule has 0 atom stereocenters. The van der Waals surface area contributed by atoms with Crippen LogP contribution < -0.4 is 5.32 Å². The molecule has 0 spiro atoms. The summed E-state index contributed by atoms with van der Waals surface area (Å²) in [4.78, 5) is 17.2. The zero-order chi connectivity index (χ0) is 21.5. The van der Waals surface area contributed by atoms with Crippen LogP contribution in [-0.4, -0.2) is 58.7 Å². The van der Waals surface area contributed by atoms with Gasteiger partial charge < -0.3 is 10.2 Å². The average Bonchev–Trinajstić information content (AvgIpc) is 2.99. The maximum Gasteiger partial charge on any atom is 0.248 e. The Morgan fingerprint density at radius 2 is 2.03 bits per heavy atom. The molecule has 2 aromatic rings. The molecule has 0 saturated carbocycles. The molecule has 1 aromatic carbocycles. The van der Waals surface area contributed by atoms with Gasteiger partial charge in [-0.1, -0.05) is 37.1 Å². The van der Waals surface area contributed by atoms with E-state index in [0.29, 0.717) is 5.15 Å². The van der Waals surface area contributed by atoms with Gasteiger partial charge in [-0.25, -0.2) is 0 Å². The second-order valence-corrected chi connectivity index (χ2v) is 8.33. The number of nitrogens with one attached hydrogen (secondary N) is 1. The van der Waals surface area contributed by atoms with E-state index in [-0.39, 0.29) is 5.91 Å². The smallest absolute Gasteiger partial charge is 0.248 e. The van der Waals surface area contributed by atoms with E-state index in [1.54, 1.807) is 10.8 Å². The van der Waals surface area contributed by atoms with Gasteiger partial charge in [0.25, 0.3) is 0 Å². The lowest BCUT2D eigenvalue weighted by atomic mass is 10.1. The normalized spacial score (nSPS) is 15.7. The molecular weight excluding hydrogens is 398 g/mol. The average molecular weight is 430 g/mol. The second-order valence-electron chi connectivity index (χ2n) is 7.97. The van der Waals surface area contributed by atoms with E-state index in [9.17, 15) is 4.79 Å². The Morgan fingerprint density at radius 3 is 2.77 bits per heavy atom. The fraction of sp³-hybridized carbons (Fsp3) is 0.478. The Hall–Kier alpha value is -2.15. The summed E-state index contributed by atoms with van der Waals surface area (Å²) < 4.78 is 1.81. The molecular formula is C23H32ClN5O. The van der Waals surface area contributed by atoms with Crippen molar-refractivity contribution in [3.05, 3.63) is 52.3 Å². The Kier molecular flexibility index (Phi) is 8.08. The van der Waals surface area contributed by atoms with Crippen LogP contribution in [0, 0.1) is 6.92 Å². The molecule has 1 aliphatic rings.